The summed E-state index contributed by atoms with van der Waals surface area (Å²) in [6.07, 6.45) is -3.45. The van der Waals surface area contributed by atoms with E-state index in [-0.39, 0.29) is 17.7 Å². The SMILES string of the molecule is Cc1[nH]cc(NC(=O)CCOCC(F)(F)F)c1C(=O)O. The molecule has 3 N–H and O–H groups in total. The first kappa shape index (κ1) is 16.0. The fraction of sp³-hybridized carbons (Fsp3) is 0.455. The van der Waals surface area contributed by atoms with Crippen LogP contribution in [0.2, 0.25) is 0 Å². The smallest absolute Gasteiger partial charge is 0.411 e. The van der Waals surface area contributed by atoms with E-state index in [0.717, 1.165) is 0 Å². The van der Waals surface area contributed by atoms with E-state index in [0.29, 0.717) is 5.69 Å². The topological polar surface area (TPSA) is 91.4 Å². The van der Waals surface area contributed by atoms with Crippen LogP contribution < -0.4 is 5.32 Å². The predicted octanol–water partition coefficient (Wildman–Crippen LogP) is 1.93. The molecule has 1 rings (SSSR count). The van der Waals surface area contributed by atoms with Crippen LogP contribution in [0.25, 0.3) is 0 Å². The zero-order chi connectivity index (χ0) is 15.3. The second-order valence-corrected chi connectivity index (χ2v) is 3.97. The highest BCUT2D eigenvalue weighted by Crippen LogP contribution is 2.19. The van der Waals surface area contributed by atoms with E-state index in [2.05, 4.69) is 15.0 Å². The van der Waals surface area contributed by atoms with Crippen molar-refractivity contribution in [3.63, 3.8) is 0 Å². The van der Waals surface area contributed by atoms with Gasteiger partial charge in [0, 0.05) is 11.9 Å². The number of ether oxygens (including phenoxy) is 1. The molecule has 0 aliphatic carbocycles. The van der Waals surface area contributed by atoms with Crippen LogP contribution in [0.5, 0.6) is 0 Å². The van der Waals surface area contributed by atoms with Gasteiger partial charge < -0.3 is 20.1 Å². The molecule has 1 aromatic heterocycles. The van der Waals surface area contributed by atoms with Gasteiger partial charge in [-0.15, -0.1) is 0 Å². The molecular formula is C11H13F3N2O4. The summed E-state index contributed by atoms with van der Waals surface area (Å²) >= 11 is 0. The Hall–Kier alpha value is -2.03. The summed E-state index contributed by atoms with van der Waals surface area (Å²) in [7, 11) is 0. The summed E-state index contributed by atoms with van der Waals surface area (Å²) in [6.45, 7) is -0.313. The van der Waals surface area contributed by atoms with Gasteiger partial charge in [0.05, 0.1) is 18.7 Å². The number of anilines is 1. The highest BCUT2D eigenvalue weighted by Gasteiger charge is 2.27. The lowest BCUT2D eigenvalue weighted by atomic mass is 10.2. The van der Waals surface area contributed by atoms with E-state index in [4.69, 9.17) is 5.11 Å². The van der Waals surface area contributed by atoms with Gasteiger partial charge in [-0.2, -0.15) is 13.2 Å². The van der Waals surface area contributed by atoms with Gasteiger partial charge in [-0.05, 0) is 6.92 Å². The summed E-state index contributed by atoms with van der Waals surface area (Å²) in [6, 6.07) is 0. The maximum atomic E-state index is 11.8. The van der Waals surface area contributed by atoms with E-state index >= 15 is 0 Å². The molecule has 1 aromatic rings. The lowest BCUT2D eigenvalue weighted by Crippen LogP contribution is -2.20. The first-order valence-electron chi connectivity index (χ1n) is 5.56. The molecule has 0 aromatic carbocycles. The third-order valence-electron chi connectivity index (χ3n) is 2.30. The van der Waals surface area contributed by atoms with Crippen LogP contribution in [0.4, 0.5) is 18.9 Å². The number of carbonyl (C=O) groups is 2. The second kappa shape index (κ2) is 6.42. The molecule has 0 radical (unpaired) electrons. The van der Waals surface area contributed by atoms with Gasteiger partial charge in [0.2, 0.25) is 5.91 Å². The molecule has 0 aliphatic rings. The zero-order valence-electron chi connectivity index (χ0n) is 10.5. The molecule has 0 unspecified atom stereocenters. The standard InChI is InChI=1S/C11H13F3N2O4/c1-6-9(10(18)19)7(4-15-6)16-8(17)2-3-20-5-11(12,13)14/h4,15H,2-3,5H2,1H3,(H,16,17)(H,18,19). The Labute approximate surface area is 111 Å². The van der Waals surface area contributed by atoms with Crippen LogP contribution in [-0.2, 0) is 9.53 Å². The average Bonchev–Trinajstić information content (AvgIpc) is 2.64. The number of carboxylic acids is 1. The number of aromatic amines is 1. The van der Waals surface area contributed by atoms with Crippen molar-refractivity contribution in [2.24, 2.45) is 0 Å². The molecule has 0 fully saturated rings. The molecule has 6 nitrogen and oxygen atoms in total. The maximum Gasteiger partial charge on any atom is 0.411 e. The molecule has 20 heavy (non-hydrogen) atoms. The Balaban J connectivity index is 2.45. The van der Waals surface area contributed by atoms with Crippen molar-refractivity contribution in [3.05, 3.63) is 17.5 Å². The fourth-order valence-corrected chi connectivity index (χ4v) is 1.47. The van der Waals surface area contributed by atoms with Crippen molar-refractivity contribution in [1.82, 2.24) is 4.98 Å². The van der Waals surface area contributed by atoms with Crippen molar-refractivity contribution in [2.75, 3.05) is 18.5 Å². The van der Waals surface area contributed by atoms with Crippen LogP contribution in [0.1, 0.15) is 22.5 Å². The molecule has 0 atom stereocenters. The minimum absolute atomic E-state index is 0.0656. The molecule has 1 amide bonds. The highest BCUT2D eigenvalue weighted by atomic mass is 19.4. The van der Waals surface area contributed by atoms with Crippen LogP contribution in [-0.4, -0.2) is 41.4 Å². The molecular weight excluding hydrogens is 281 g/mol. The van der Waals surface area contributed by atoms with Gasteiger partial charge in [-0.25, -0.2) is 4.79 Å². The summed E-state index contributed by atoms with van der Waals surface area (Å²) in [5.41, 5.74) is 0.339. The summed E-state index contributed by atoms with van der Waals surface area (Å²) in [4.78, 5) is 25.0. The normalized spacial score (nSPS) is 11.4. The van der Waals surface area contributed by atoms with Gasteiger partial charge in [-0.3, -0.25) is 4.79 Å². The van der Waals surface area contributed by atoms with E-state index in [1.54, 1.807) is 0 Å². The van der Waals surface area contributed by atoms with Crippen LogP contribution in [0.15, 0.2) is 6.20 Å². The average molecular weight is 294 g/mol. The molecule has 1 heterocycles. The van der Waals surface area contributed by atoms with Gasteiger partial charge >= 0.3 is 12.1 Å². The number of hydrogen-bond acceptors (Lipinski definition) is 3. The van der Waals surface area contributed by atoms with Crippen molar-refractivity contribution >= 4 is 17.6 Å². The number of H-pyrrole nitrogens is 1. The van der Waals surface area contributed by atoms with Crippen molar-refractivity contribution in [1.29, 1.82) is 0 Å². The van der Waals surface area contributed by atoms with Gasteiger partial charge in [0.1, 0.15) is 12.2 Å². The van der Waals surface area contributed by atoms with Crippen LogP contribution >= 0.6 is 0 Å². The number of nitrogens with one attached hydrogen (secondary N) is 2. The maximum absolute atomic E-state index is 11.8. The summed E-state index contributed by atoms with van der Waals surface area (Å²) in [5, 5.41) is 11.2. The molecule has 0 saturated heterocycles. The Bertz CT molecular complexity index is 496. The number of aromatic carboxylic acids is 1. The zero-order valence-corrected chi connectivity index (χ0v) is 10.5. The molecule has 0 bridgehead atoms. The minimum Gasteiger partial charge on any atom is -0.478 e. The monoisotopic (exact) mass is 294 g/mol. The summed E-state index contributed by atoms with van der Waals surface area (Å²) < 4.78 is 39.6. The van der Waals surface area contributed by atoms with E-state index < -0.39 is 31.3 Å². The van der Waals surface area contributed by atoms with Crippen LogP contribution in [0, 0.1) is 6.92 Å². The van der Waals surface area contributed by atoms with E-state index in [1.807, 2.05) is 0 Å². The third kappa shape index (κ3) is 4.92. The number of aromatic nitrogens is 1. The number of hydrogen-bond donors (Lipinski definition) is 3. The Morgan fingerprint density at radius 3 is 2.65 bits per heavy atom. The predicted molar refractivity (Wildman–Crippen MR) is 62.6 cm³/mol. The minimum atomic E-state index is -4.44. The summed E-state index contributed by atoms with van der Waals surface area (Å²) in [5.74, 6) is -1.85. The Morgan fingerprint density at radius 1 is 1.45 bits per heavy atom. The van der Waals surface area contributed by atoms with Crippen molar-refractivity contribution in [2.45, 2.75) is 19.5 Å². The van der Waals surface area contributed by atoms with Crippen molar-refractivity contribution < 1.29 is 32.6 Å². The first-order valence-corrected chi connectivity index (χ1v) is 5.56. The van der Waals surface area contributed by atoms with E-state index in [9.17, 15) is 22.8 Å². The molecule has 0 saturated carbocycles. The highest BCUT2D eigenvalue weighted by molar-refractivity contribution is 6.01. The molecule has 112 valence electrons. The molecule has 9 heteroatoms. The number of rotatable bonds is 6. The van der Waals surface area contributed by atoms with E-state index in [1.165, 1.54) is 13.1 Å². The van der Waals surface area contributed by atoms with Gasteiger partial charge in [0.25, 0.3) is 0 Å². The second-order valence-electron chi connectivity index (χ2n) is 3.97. The van der Waals surface area contributed by atoms with Crippen LogP contribution in [0.3, 0.4) is 0 Å². The fourth-order valence-electron chi connectivity index (χ4n) is 1.47. The van der Waals surface area contributed by atoms with Gasteiger partial charge in [0.15, 0.2) is 0 Å². The lowest BCUT2D eigenvalue weighted by Gasteiger charge is -2.08. The number of alkyl halides is 3. The number of amides is 1. The quantitative estimate of drug-likeness (QED) is 0.699. The Morgan fingerprint density at radius 2 is 2.10 bits per heavy atom. The first-order chi connectivity index (χ1) is 9.20. The lowest BCUT2D eigenvalue weighted by molar-refractivity contribution is -0.174. The number of carboxylic acid groups (broad SMARTS) is 1. The number of aryl methyl sites for hydroxylation is 1. The largest absolute Gasteiger partial charge is 0.478 e. The van der Waals surface area contributed by atoms with Gasteiger partial charge in [-0.1, -0.05) is 0 Å². The Kier molecular flexibility index (Phi) is 5.14. The third-order valence-corrected chi connectivity index (χ3v) is 2.30. The number of halogens is 3. The molecule has 0 spiro atoms. The van der Waals surface area contributed by atoms with Crippen molar-refractivity contribution in [3.8, 4) is 0 Å². The number of carbonyl (C=O) groups excluding carboxylic acids is 1. The molecule has 0 aliphatic heterocycles.